The van der Waals surface area contributed by atoms with Crippen LogP contribution in [0.2, 0.25) is 10.0 Å². The van der Waals surface area contributed by atoms with E-state index in [-0.39, 0.29) is 32.0 Å². The summed E-state index contributed by atoms with van der Waals surface area (Å²) in [4.78, 5) is 26.9. The zero-order chi connectivity index (χ0) is 17.0. The summed E-state index contributed by atoms with van der Waals surface area (Å²) in [6.07, 6.45) is 0. The molecule has 2 aromatic rings. The number of nitrogens with zero attached hydrogens (tertiary/aromatic N) is 4. The first-order valence-electron chi connectivity index (χ1n) is 6.01. The lowest BCUT2D eigenvalue weighted by atomic mass is 10.2. The SMILES string of the molecule is CNC(=O)C(=[N+]=[N-])c1snnc1C(=O)Nc1c(Cl)cccc1Cl. The van der Waals surface area contributed by atoms with E-state index in [2.05, 4.69) is 25.0 Å². The molecule has 2 amide bonds. The summed E-state index contributed by atoms with van der Waals surface area (Å²) in [5.41, 5.74) is 8.62. The quantitative estimate of drug-likeness (QED) is 0.484. The number of hydrogen-bond donors (Lipinski definition) is 2. The van der Waals surface area contributed by atoms with Gasteiger partial charge in [0, 0.05) is 7.05 Å². The third-order valence-corrected chi connectivity index (χ3v) is 4.02. The van der Waals surface area contributed by atoms with Gasteiger partial charge in [-0.25, -0.2) is 0 Å². The number of aromatic nitrogens is 2. The lowest BCUT2D eigenvalue weighted by molar-refractivity contribution is -0.118. The summed E-state index contributed by atoms with van der Waals surface area (Å²) in [5, 5.41) is 8.90. The molecule has 118 valence electrons. The second-order valence-corrected chi connectivity index (χ2v) is 5.60. The number of anilines is 1. The normalized spacial score (nSPS) is 9.87. The first kappa shape index (κ1) is 17.0. The number of amides is 2. The molecule has 23 heavy (non-hydrogen) atoms. The molecule has 0 atom stereocenters. The van der Waals surface area contributed by atoms with Crippen molar-refractivity contribution >= 4 is 57.9 Å². The smallest absolute Gasteiger partial charge is 0.360 e. The van der Waals surface area contributed by atoms with Gasteiger partial charge >= 0.3 is 11.6 Å². The van der Waals surface area contributed by atoms with E-state index < -0.39 is 11.8 Å². The highest BCUT2D eigenvalue weighted by atomic mass is 35.5. The van der Waals surface area contributed by atoms with Crippen LogP contribution in [0.1, 0.15) is 15.4 Å². The Morgan fingerprint density at radius 1 is 1.30 bits per heavy atom. The zero-order valence-electron chi connectivity index (χ0n) is 11.5. The Bertz CT molecular complexity index is 810. The number of hydrogen-bond acceptors (Lipinski definition) is 5. The summed E-state index contributed by atoms with van der Waals surface area (Å²) in [6.45, 7) is 0. The summed E-state index contributed by atoms with van der Waals surface area (Å²) in [6, 6.07) is 4.72. The molecule has 0 unspecified atom stereocenters. The molecular weight excluding hydrogens is 363 g/mol. The van der Waals surface area contributed by atoms with Gasteiger partial charge in [0.1, 0.15) is 0 Å². The van der Waals surface area contributed by atoms with E-state index in [0.717, 1.165) is 11.5 Å². The van der Waals surface area contributed by atoms with Crippen LogP contribution in [0, 0.1) is 0 Å². The Morgan fingerprint density at radius 2 is 1.96 bits per heavy atom. The van der Waals surface area contributed by atoms with Crippen LogP contribution >= 0.6 is 34.7 Å². The number of benzene rings is 1. The van der Waals surface area contributed by atoms with Crippen molar-refractivity contribution in [3.8, 4) is 0 Å². The zero-order valence-corrected chi connectivity index (χ0v) is 13.8. The minimum absolute atomic E-state index is 0.00697. The van der Waals surface area contributed by atoms with Crippen molar-refractivity contribution in [1.82, 2.24) is 14.9 Å². The molecular formula is C12H8Cl2N6O2S. The van der Waals surface area contributed by atoms with E-state index in [1.54, 1.807) is 18.2 Å². The maximum Gasteiger partial charge on any atom is 0.400 e. The van der Waals surface area contributed by atoms with Crippen molar-refractivity contribution in [2.75, 3.05) is 12.4 Å². The van der Waals surface area contributed by atoms with E-state index in [1.807, 2.05) is 0 Å². The molecule has 1 heterocycles. The second kappa shape index (κ2) is 7.30. The predicted molar refractivity (Wildman–Crippen MR) is 86.1 cm³/mol. The molecule has 11 heteroatoms. The molecule has 0 aliphatic heterocycles. The number of carbonyl (C=O) groups excluding carboxylic acids is 2. The Morgan fingerprint density at radius 3 is 2.52 bits per heavy atom. The van der Waals surface area contributed by atoms with E-state index in [9.17, 15) is 9.59 Å². The average Bonchev–Trinajstić information content (AvgIpc) is 3.01. The average molecular weight is 371 g/mol. The van der Waals surface area contributed by atoms with Crippen molar-refractivity contribution in [3.63, 3.8) is 0 Å². The van der Waals surface area contributed by atoms with Crippen molar-refractivity contribution in [2.45, 2.75) is 0 Å². The summed E-state index contributed by atoms with van der Waals surface area (Å²) in [5.74, 6) is -1.39. The molecule has 1 aromatic heterocycles. The fourth-order valence-corrected chi connectivity index (χ4v) is 2.73. The van der Waals surface area contributed by atoms with Crippen LogP contribution in [-0.2, 0) is 4.79 Å². The van der Waals surface area contributed by atoms with Gasteiger partial charge in [0.15, 0.2) is 10.6 Å². The van der Waals surface area contributed by atoms with Gasteiger partial charge in [-0.3, -0.25) is 9.59 Å². The van der Waals surface area contributed by atoms with Crippen molar-refractivity contribution in [2.24, 2.45) is 0 Å². The van der Waals surface area contributed by atoms with Gasteiger partial charge < -0.3 is 16.2 Å². The number of nitrogens with one attached hydrogen (secondary N) is 2. The van der Waals surface area contributed by atoms with Gasteiger partial charge in [-0.05, 0) is 23.7 Å². The highest BCUT2D eigenvalue weighted by Gasteiger charge is 2.31. The van der Waals surface area contributed by atoms with Crippen LogP contribution in [0.5, 0.6) is 0 Å². The molecule has 0 bridgehead atoms. The van der Waals surface area contributed by atoms with Crippen molar-refractivity contribution in [1.29, 1.82) is 0 Å². The first-order valence-corrected chi connectivity index (χ1v) is 7.54. The molecule has 0 fully saturated rings. The molecule has 0 aliphatic carbocycles. The third kappa shape index (κ3) is 3.54. The molecule has 0 radical (unpaired) electrons. The van der Waals surface area contributed by atoms with Gasteiger partial charge in [0.2, 0.25) is 0 Å². The maximum absolute atomic E-state index is 12.3. The predicted octanol–water partition coefficient (Wildman–Crippen LogP) is 1.86. The molecule has 1 aromatic carbocycles. The largest absolute Gasteiger partial charge is 0.400 e. The van der Waals surface area contributed by atoms with Crippen LogP contribution < -0.4 is 10.6 Å². The summed E-state index contributed by atoms with van der Waals surface area (Å²) >= 11 is 12.7. The molecule has 0 saturated carbocycles. The number of para-hydroxylation sites is 1. The van der Waals surface area contributed by atoms with E-state index in [0.29, 0.717) is 0 Å². The third-order valence-electron chi connectivity index (χ3n) is 2.66. The number of carbonyl (C=O) groups is 2. The van der Waals surface area contributed by atoms with Crippen LogP contribution in [0.15, 0.2) is 18.2 Å². The van der Waals surface area contributed by atoms with Gasteiger partial charge in [-0.15, -0.1) is 5.10 Å². The standard InChI is InChI=1S/C12H8Cl2N6O2S/c1-16-11(21)8(18-15)10-9(19-20-23-10)12(22)17-7-5(13)3-2-4-6(7)14/h2-4H,1H3,(H,16,21)(H,17,22). The maximum atomic E-state index is 12.3. The molecule has 2 rings (SSSR count). The minimum atomic E-state index is -0.700. The molecule has 0 aliphatic rings. The van der Waals surface area contributed by atoms with Crippen molar-refractivity contribution < 1.29 is 14.4 Å². The fraction of sp³-hybridized carbons (Fsp3) is 0.0833. The van der Waals surface area contributed by atoms with Crippen molar-refractivity contribution in [3.05, 3.63) is 44.3 Å². The first-order chi connectivity index (χ1) is 11.0. The highest BCUT2D eigenvalue weighted by Crippen LogP contribution is 2.30. The lowest BCUT2D eigenvalue weighted by Crippen LogP contribution is -2.30. The Hall–Kier alpha value is -2.32. The minimum Gasteiger partial charge on any atom is -0.360 e. The number of halogens is 2. The van der Waals surface area contributed by atoms with E-state index in [4.69, 9.17) is 28.7 Å². The molecule has 8 nitrogen and oxygen atoms in total. The summed E-state index contributed by atoms with van der Waals surface area (Å²) in [7, 11) is 1.35. The van der Waals surface area contributed by atoms with Crippen LogP contribution in [-0.4, -0.2) is 39.0 Å². The Labute approximate surface area is 144 Å². The lowest BCUT2D eigenvalue weighted by Gasteiger charge is -2.07. The second-order valence-electron chi connectivity index (χ2n) is 4.03. The topological polar surface area (TPSA) is 120 Å². The van der Waals surface area contributed by atoms with Gasteiger partial charge in [-0.2, -0.15) is 4.79 Å². The van der Waals surface area contributed by atoms with Crippen LogP contribution in [0.4, 0.5) is 5.69 Å². The monoisotopic (exact) mass is 370 g/mol. The molecule has 0 saturated heterocycles. The van der Waals surface area contributed by atoms with Gasteiger partial charge in [0.05, 0.1) is 15.7 Å². The molecule has 0 spiro atoms. The van der Waals surface area contributed by atoms with E-state index >= 15 is 0 Å². The summed E-state index contributed by atoms with van der Waals surface area (Å²) < 4.78 is 3.61. The van der Waals surface area contributed by atoms with Crippen LogP contribution in [0.3, 0.4) is 0 Å². The Kier molecular flexibility index (Phi) is 5.41. The van der Waals surface area contributed by atoms with Gasteiger partial charge in [0.25, 0.3) is 5.91 Å². The van der Waals surface area contributed by atoms with Gasteiger partial charge in [-0.1, -0.05) is 33.8 Å². The molecule has 2 N–H and O–H groups in total. The van der Waals surface area contributed by atoms with E-state index in [1.165, 1.54) is 7.05 Å². The number of likely N-dealkylation sites (N-methyl/N-ethyl adjacent to an activating group) is 1. The van der Waals surface area contributed by atoms with Crippen LogP contribution in [0.25, 0.3) is 5.53 Å². The Balaban J connectivity index is 2.37. The number of rotatable bonds is 4. The fourth-order valence-electron chi connectivity index (χ4n) is 1.60. The highest BCUT2D eigenvalue weighted by molar-refractivity contribution is 7.09.